The number of hydrogen-bond acceptors (Lipinski definition) is 2. The van der Waals surface area contributed by atoms with Crippen LogP contribution in [0.2, 0.25) is 5.02 Å². The topological polar surface area (TPSA) is 43.1 Å². The number of hydrogen-bond donors (Lipinski definition) is 1. The zero-order chi connectivity index (χ0) is 9.14. The molecule has 0 aromatic heterocycles. The fourth-order valence-electron chi connectivity index (χ4n) is 0.870. The van der Waals surface area contributed by atoms with Gasteiger partial charge in [-0.25, -0.2) is 0 Å². The molecule has 2 N–H and O–H groups in total. The number of halogens is 1. The van der Waals surface area contributed by atoms with E-state index in [2.05, 4.69) is 6.58 Å². The van der Waals surface area contributed by atoms with Crippen LogP contribution in [-0.4, -0.2) is 6.29 Å². The number of carbonyl (C=O) groups is 1. The molecule has 0 aliphatic rings. The van der Waals surface area contributed by atoms with Gasteiger partial charge >= 0.3 is 0 Å². The molecule has 0 fully saturated rings. The van der Waals surface area contributed by atoms with E-state index in [4.69, 9.17) is 17.3 Å². The Labute approximate surface area is 75.6 Å². The van der Waals surface area contributed by atoms with Crippen LogP contribution < -0.4 is 5.73 Å². The van der Waals surface area contributed by atoms with E-state index < -0.39 is 0 Å². The Morgan fingerprint density at radius 1 is 1.58 bits per heavy atom. The Balaban J connectivity index is 3.22. The average Bonchev–Trinajstić information content (AvgIpc) is 2.08. The van der Waals surface area contributed by atoms with Gasteiger partial charge in [0.15, 0.2) is 0 Å². The number of benzene rings is 1. The van der Waals surface area contributed by atoms with Gasteiger partial charge in [-0.15, -0.1) is 0 Å². The van der Waals surface area contributed by atoms with Crippen molar-refractivity contribution in [2.75, 3.05) is 5.73 Å². The highest BCUT2D eigenvalue weighted by atomic mass is 35.5. The third-order valence-electron chi connectivity index (χ3n) is 1.50. The lowest BCUT2D eigenvalue weighted by molar-refractivity contribution is -0.103. The Morgan fingerprint density at radius 3 is 2.83 bits per heavy atom. The van der Waals surface area contributed by atoms with E-state index >= 15 is 0 Å². The second-order valence-electron chi connectivity index (χ2n) is 2.37. The quantitative estimate of drug-likeness (QED) is 0.432. The summed E-state index contributed by atoms with van der Waals surface area (Å²) >= 11 is 5.71. The molecule has 0 atom stereocenters. The monoisotopic (exact) mass is 181 g/mol. The van der Waals surface area contributed by atoms with Crippen molar-refractivity contribution < 1.29 is 4.79 Å². The molecule has 12 heavy (non-hydrogen) atoms. The minimum absolute atomic E-state index is 0.343. The van der Waals surface area contributed by atoms with Crippen LogP contribution >= 0.6 is 11.6 Å². The Kier molecular flexibility index (Phi) is 2.51. The second-order valence-corrected chi connectivity index (χ2v) is 2.81. The number of allylic oxidation sites excluding steroid dienone is 1. The van der Waals surface area contributed by atoms with Crippen molar-refractivity contribution in [2.45, 2.75) is 0 Å². The van der Waals surface area contributed by atoms with Crippen LogP contribution in [0.3, 0.4) is 0 Å². The van der Waals surface area contributed by atoms with Gasteiger partial charge in [0.1, 0.15) is 6.29 Å². The predicted octanol–water partition coefficient (Wildman–Crippen LogP) is 2.13. The summed E-state index contributed by atoms with van der Waals surface area (Å²) in [6, 6.07) is 4.93. The Morgan fingerprint density at radius 2 is 2.25 bits per heavy atom. The van der Waals surface area contributed by atoms with Gasteiger partial charge in [-0.2, -0.15) is 0 Å². The van der Waals surface area contributed by atoms with Crippen molar-refractivity contribution in [2.24, 2.45) is 0 Å². The van der Waals surface area contributed by atoms with Crippen molar-refractivity contribution in [3.63, 3.8) is 0 Å². The highest BCUT2D eigenvalue weighted by Crippen LogP contribution is 2.22. The van der Waals surface area contributed by atoms with E-state index in [0.717, 1.165) is 0 Å². The Hall–Kier alpha value is -1.28. The van der Waals surface area contributed by atoms with Gasteiger partial charge in [0.2, 0.25) is 0 Å². The third-order valence-corrected chi connectivity index (χ3v) is 1.74. The van der Waals surface area contributed by atoms with Gasteiger partial charge in [0.25, 0.3) is 0 Å². The summed E-state index contributed by atoms with van der Waals surface area (Å²) in [5.74, 6) is 0. The van der Waals surface area contributed by atoms with Gasteiger partial charge < -0.3 is 5.73 Å². The van der Waals surface area contributed by atoms with E-state index in [1.807, 2.05) is 0 Å². The maximum atomic E-state index is 10.4. The van der Waals surface area contributed by atoms with Crippen molar-refractivity contribution in [1.29, 1.82) is 0 Å². The van der Waals surface area contributed by atoms with Gasteiger partial charge in [-0.3, -0.25) is 4.79 Å². The molecule has 0 radical (unpaired) electrons. The number of nitrogens with two attached hydrogens (primary N) is 1. The van der Waals surface area contributed by atoms with E-state index in [-0.39, 0.29) is 0 Å². The summed E-state index contributed by atoms with van der Waals surface area (Å²) in [6.45, 7) is 3.54. The highest BCUT2D eigenvalue weighted by molar-refractivity contribution is 6.31. The molecule has 3 heteroatoms. The number of nitrogen functional groups attached to an aromatic ring is 1. The molecule has 1 rings (SSSR count). The van der Waals surface area contributed by atoms with Crippen LogP contribution in [0.4, 0.5) is 5.69 Å². The molecule has 0 aliphatic carbocycles. The fourth-order valence-corrected chi connectivity index (χ4v) is 1.04. The largest absolute Gasteiger partial charge is 0.398 e. The van der Waals surface area contributed by atoms with Crippen LogP contribution in [0.1, 0.15) is 5.56 Å². The molecule has 0 bridgehead atoms. The summed E-state index contributed by atoms with van der Waals surface area (Å²) in [5.41, 5.74) is 7.04. The highest BCUT2D eigenvalue weighted by Gasteiger charge is 2.02. The first-order chi connectivity index (χ1) is 5.65. The van der Waals surface area contributed by atoms with Crippen molar-refractivity contribution >= 4 is 29.1 Å². The molecule has 0 saturated heterocycles. The molecule has 0 heterocycles. The maximum absolute atomic E-state index is 10.4. The fraction of sp³-hybridized carbons (Fsp3) is 0. The van der Waals surface area contributed by atoms with Crippen LogP contribution in [-0.2, 0) is 4.79 Å². The van der Waals surface area contributed by atoms with E-state index in [0.29, 0.717) is 28.1 Å². The van der Waals surface area contributed by atoms with Gasteiger partial charge in [-0.05, 0) is 18.2 Å². The molecule has 0 aliphatic heterocycles. The zero-order valence-corrected chi connectivity index (χ0v) is 7.14. The normalized spacial score (nSPS) is 9.42. The lowest BCUT2D eigenvalue weighted by atomic mass is 10.1. The molecular formula is C9H8ClNO. The molecule has 1 aromatic rings. The molecule has 2 nitrogen and oxygen atoms in total. The molecule has 62 valence electrons. The molecular weight excluding hydrogens is 174 g/mol. The van der Waals surface area contributed by atoms with Crippen molar-refractivity contribution in [1.82, 2.24) is 0 Å². The molecule has 0 unspecified atom stereocenters. The summed E-state index contributed by atoms with van der Waals surface area (Å²) in [5, 5.41) is 0.544. The third kappa shape index (κ3) is 1.66. The second kappa shape index (κ2) is 3.41. The van der Waals surface area contributed by atoms with Crippen molar-refractivity contribution in [3.05, 3.63) is 35.4 Å². The summed E-state index contributed by atoms with van der Waals surface area (Å²) in [6.07, 6.45) is 0.655. The van der Waals surface area contributed by atoms with Crippen LogP contribution in [0, 0.1) is 0 Å². The van der Waals surface area contributed by atoms with Gasteiger partial charge in [0, 0.05) is 21.8 Å². The van der Waals surface area contributed by atoms with E-state index in [1.165, 1.54) is 0 Å². The van der Waals surface area contributed by atoms with Gasteiger partial charge in [-0.1, -0.05) is 18.2 Å². The number of rotatable bonds is 2. The first-order valence-electron chi connectivity index (χ1n) is 3.34. The number of carbonyl (C=O) groups excluding carboxylic acids is 1. The van der Waals surface area contributed by atoms with E-state index in [9.17, 15) is 4.79 Å². The lowest BCUT2D eigenvalue weighted by Gasteiger charge is -2.03. The molecule has 0 saturated carbocycles. The predicted molar refractivity (Wildman–Crippen MR) is 51.0 cm³/mol. The lowest BCUT2D eigenvalue weighted by Crippen LogP contribution is -1.93. The van der Waals surface area contributed by atoms with Crippen LogP contribution in [0.25, 0.3) is 5.57 Å². The SMILES string of the molecule is C=C(C=O)c1cc(Cl)ccc1N. The minimum Gasteiger partial charge on any atom is -0.398 e. The minimum atomic E-state index is 0.343. The zero-order valence-electron chi connectivity index (χ0n) is 6.38. The molecule has 0 amide bonds. The smallest absolute Gasteiger partial charge is 0.150 e. The number of aldehydes is 1. The number of anilines is 1. The summed E-state index contributed by atoms with van der Waals surface area (Å²) in [7, 11) is 0. The molecule has 1 aromatic carbocycles. The van der Waals surface area contributed by atoms with E-state index in [1.54, 1.807) is 18.2 Å². The van der Waals surface area contributed by atoms with Crippen LogP contribution in [0.15, 0.2) is 24.8 Å². The molecule has 0 spiro atoms. The Bertz CT molecular complexity index is 333. The van der Waals surface area contributed by atoms with Crippen molar-refractivity contribution in [3.8, 4) is 0 Å². The summed E-state index contributed by atoms with van der Waals surface area (Å²) in [4.78, 5) is 10.4. The van der Waals surface area contributed by atoms with Gasteiger partial charge in [0.05, 0.1) is 0 Å². The average molecular weight is 182 g/mol. The first-order valence-corrected chi connectivity index (χ1v) is 3.72. The summed E-state index contributed by atoms with van der Waals surface area (Å²) < 4.78 is 0. The van der Waals surface area contributed by atoms with Crippen LogP contribution in [0.5, 0.6) is 0 Å². The maximum Gasteiger partial charge on any atom is 0.150 e. The standard InChI is InChI=1S/C9H8ClNO/c1-6(5-12)8-4-7(10)2-3-9(8)11/h2-5H,1,11H2. The first kappa shape index (κ1) is 8.81.